The van der Waals surface area contributed by atoms with E-state index in [9.17, 15) is 9.18 Å². The Morgan fingerprint density at radius 2 is 2.31 bits per heavy atom. The molecule has 0 aliphatic heterocycles. The molecule has 0 saturated heterocycles. The first-order valence-corrected chi connectivity index (χ1v) is 6.19. The molecule has 16 heavy (non-hydrogen) atoms. The number of thiazole rings is 1. The van der Waals surface area contributed by atoms with Crippen molar-refractivity contribution < 1.29 is 9.18 Å². The van der Waals surface area contributed by atoms with Gasteiger partial charge in [-0.2, -0.15) is 0 Å². The summed E-state index contributed by atoms with van der Waals surface area (Å²) in [4.78, 5) is 16.1. The fourth-order valence-electron chi connectivity index (χ4n) is 1.29. The number of carbonyl (C=O) groups excluding carboxylic acids is 1. The van der Waals surface area contributed by atoms with Gasteiger partial charge in [-0.15, -0.1) is 11.3 Å². The molecule has 0 spiro atoms. The van der Waals surface area contributed by atoms with Crippen LogP contribution in [-0.4, -0.2) is 10.8 Å². The van der Waals surface area contributed by atoms with E-state index in [1.807, 2.05) is 0 Å². The summed E-state index contributed by atoms with van der Waals surface area (Å²) < 4.78 is 14.2. The van der Waals surface area contributed by atoms with Gasteiger partial charge in [-0.25, -0.2) is 4.39 Å². The first kappa shape index (κ1) is 11.4. The summed E-state index contributed by atoms with van der Waals surface area (Å²) in [7, 11) is 0. The first-order chi connectivity index (χ1) is 7.66. The Morgan fingerprint density at radius 1 is 1.50 bits per heavy atom. The molecule has 1 aromatic heterocycles. The van der Waals surface area contributed by atoms with Crippen LogP contribution in [0.1, 0.15) is 15.2 Å². The van der Waals surface area contributed by atoms with Crippen molar-refractivity contribution in [3.8, 4) is 0 Å². The lowest BCUT2D eigenvalue weighted by Gasteiger charge is -2.01. The van der Waals surface area contributed by atoms with Gasteiger partial charge in [0.2, 0.25) is 0 Å². The summed E-state index contributed by atoms with van der Waals surface area (Å²) in [5, 5.41) is 0. The molecule has 0 fully saturated rings. The van der Waals surface area contributed by atoms with E-state index in [1.54, 1.807) is 17.6 Å². The summed E-state index contributed by atoms with van der Waals surface area (Å²) in [6.07, 6.45) is 1.57. The molecule has 0 bridgehead atoms. The van der Waals surface area contributed by atoms with E-state index in [-0.39, 0.29) is 18.0 Å². The molecule has 2 aromatic rings. The van der Waals surface area contributed by atoms with Gasteiger partial charge in [0.15, 0.2) is 5.78 Å². The van der Waals surface area contributed by atoms with Gasteiger partial charge >= 0.3 is 0 Å². The first-order valence-electron chi connectivity index (χ1n) is 4.52. The van der Waals surface area contributed by atoms with Gasteiger partial charge in [-0.3, -0.25) is 9.78 Å². The van der Waals surface area contributed by atoms with E-state index < -0.39 is 0 Å². The zero-order valence-electron chi connectivity index (χ0n) is 8.11. The third-order valence-corrected chi connectivity index (χ3v) is 3.37. The Bertz CT molecular complexity index is 513. The van der Waals surface area contributed by atoms with Gasteiger partial charge in [0, 0.05) is 17.1 Å². The minimum absolute atomic E-state index is 0.0630. The minimum Gasteiger partial charge on any atom is -0.293 e. The Balaban J connectivity index is 2.21. The normalized spacial score (nSPS) is 10.4. The fourth-order valence-corrected chi connectivity index (χ4v) is 2.26. The Hall–Kier alpha value is -1.07. The van der Waals surface area contributed by atoms with Crippen LogP contribution in [0.5, 0.6) is 0 Å². The van der Waals surface area contributed by atoms with Crippen molar-refractivity contribution in [1.82, 2.24) is 4.98 Å². The van der Waals surface area contributed by atoms with E-state index >= 15 is 0 Å². The highest BCUT2D eigenvalue weighted by atomic mass is 79.9. The number of rotatable bonds is 3. The average molecular weight is 300 g/mol. The highest BCUT2D eigenvalue weighted by Crippen LogP contribution is 2.18. The van der Waals surface area contributed by atoms with Crippen LogP contribution in [0.3, 0.4) is 0 Å². The molecule has 0 N–H and O–H groups in total. The smallest absolute Gasteiger partial charge is 0.178 e. The average Bonchev–Trinajstić information content (AvgIpc) is 2.76. The Labute approximate surface area is 104 Å². The van der Waals surface area contributed by atoms with Crippen LogP contribution in [0.2, 0.25) is 0 Å². The lowest BCUT2D eigenvalue weighted by molar-refractivity contribution is 0.0995. The van der Waals surface area contributed by atoms with Crippen molar-refractivity contribution in [3.05, 3.63) is 50.6 Å². The molecule has 0 aliphatic rings. The van der Waals surface area contributed by atoms with Crippen molar-refractivity contribution >= 4 is 33.0 Å². The molecule has 82 valence electrons. The van der Waals surface area contributed by atoms with E-state index in [2.05, 4.69) is 20.9 Å². The predicted molar refractivity (Wildman–Crippen MR) is 64.2 cm³/mol. The van der Waals surface area contributed by atoms with Crippen LogP contribution in [-0.2, 0) is 6.42 Å². The number of halogens is 2. The molecule has 2 nitrogen and oxygen atoms in total. The molecule has 5 heteroatoms. The molecular weight excluding hydrogens is 293 g/mol. The monoisotopic (exact) mass is 299 g/mol. The maximum Gasteiger partial charge on any atom is 0.178 e. The van der Waals surface area contributed by atoms with Gasteiger partial charge in [0.1, 0.15) is 5.82 Å². The van der Waals surface area contributed by atoms with Gasteiger partial charge in [-0.05, 0) is 23.8 Å². The number of benzene rings is 1. The van der Waals surface area contributed by atoms with Crippen LogP contribution in [0, 0.1) is 5.82 Å². The number of Topliss-reactive ketones (excluding diaryl/α,β-unsaturated/α-hetero) is 1. The van der Waals surface area contributed by atoms with Crippen molar-refractivity contribution in [1.29, 1.82) is 0 Å². The van der Waals surface area contributed by atoms with Gasteiger partial charge in [-0.1, -0.05) is 15.9 Å². The molecule has 0 unspecified atom stereocenters. The number of nitrogens with zero attached hydrogens (tertiary/aromatic N) is 1. The fraction of sp³-hybridized carbons (Fsp3) is 0.0909. The second kappa shape index (κ2) is 4.84. The zero-order chi connectivity index (χ0) is 11.5. The van der Waals surface area contributed by atoms with Gasteiger partial charge < -0.3 is 0 Å². The zero-order valence-corrected chi connectivity index (χ0v) is 10.5. The number of ketones is 1. The van der Waals surface area contributed by atoms with E-state index in [0.717, 1.165) is 4.47 Å². The second-order valence-electron chi connectivity index (χ2n) is 3.20. The standard InChI is InChI=1S/C11H7BrFNOS/c12-8-1-2-9(13)7(3-8)4-10(15)11-5-14-6-16-11/h1-3,5-6H,4H2. The number of carbonyl (C=O) groups is 1. The number of hydrogen-bond donors (Lipinski definition) is 0. The lowest BCUT2D eigenvalue weighted by Crippen LogP contribution is -2.03. The largest absolute Gasteiger partial charge is 0.293 e. The third kappa shape index (κ3) is 2.54. The highest BCUT2D eigenvalue weighted by Gasteiger charge is 2.12. The molecule has 0 saturated carbocycles. The molecule has 2 rings (SSSR count). The quantitative estimate of drug-likeness (QED) is 0.812. The SMILES string of the molecule is O=C(Cc1cc(Br)ccc1F)c1cncs1. The number of hydrogen-bond acceptors (Lipinski definition) is 3. The molecule has 0 atom stereocenters. The summed E-state index contributed by atoms with van der Waals surface area (Å²) >= 11 is 4.51. The summed E-state index contributed by atoms with van der Waals surface area (Å²) in [5.41, 5.74) is 1.98. The summed E-state index contributed by atoms with van der Waals surface area (Å²) in [6, 6.07) is 4.57. The highest BCUT2D eigenvalue weighted by molar-refractivity contribution is 9.10. The maximum atomic E-state index is 13.4. The van der Waals surface area contributed by atoms with Crippen molar-refractivity contribution in [2.45, 2.75) is 6.42 Å². The van der Waals surface area contributed by atoms with E-state index in [1.165, 1.54) is 23.6 Å². The Kier molecular flexibility index (Phi) is 3.46. The van der Waals surface area contributed by atoms with Crippen LogP contribution >= 0.6 is 27.3 Å². The summed E-state index contributed by atoms with van der Waals surface area (Å²) in [6.45, 7) is 0. The van der Waals surface area contributed by atoms with E-state index in [0.29, 0.717) is 10.4 Å². The molecule has 1 aromatic carbocycles. The van der Waals surface area contributed by atoms with Gasteiger partial charge in [0.25, 0.3) is 0 Å². The van der Waals surface area contributed by atoms with Crippen molar-refractivity contribution in [2.24, 2.45) is 0 Å². The van der Waals surface area contributed by atoms with Gasteiger partial charge in [0.05, 0.1) is 10.4 Å². The second-order valence-corrected chi connectivity index (χ2v) is 5.00. The molecule has 0 aliphatic carbocycles. The maximum absolute atomic E-state index is 13.4. The Morgan fingerprint density at radius 3 is 3.00 bits per heavy atom. The molecule has 0 amide bonds. The number of aromatic nitrogens is 1. The predicted octanol–water partition coefficient (Wildman–Crippen LogP) is 3.47. The van der Waals surface area contributed by atoms with Crippen LogP contribution in [0.4, 0.5) is 4.39 Å². The third-order valence-electron chi connectivity index (χ3n) is 2.07. The lowest BCUT2D eigenvalue weighted by atomic mass is 10.1. The topological polar surface area (TPSA) is 30.0 Å². The molecular formula is C11H7BrFNOS. The van der Waals surface area contributed by atoms with E-state index in [4.69, 9.17) is 0 Å². The van der Waals surface area contributed by atoms with Crippen molar-refractivity contribution in [2.75, 3.05) is 0 Å². The van der Waals surface area contributed by atoms with Crippen molar-refractivity contribution in [3.63, 3.8) is 0 Å². The van der Waals surface area contributed by atoms with Crippen LogP contribution in [0.15, 0.2) is 34.4 Å². The van der Waals surface area contributed by atoms with Crippen LogP contribution < -0.4 is 0 Å². The minimum atomic E-state index is -0.360. The molecule has 1 heterocycles. The van der Waals surface area contributed by atoms with Crippen LogP contribution in [0.25, 0.3) is 0 Å². The molecule has 0 radical (unpaired) electrons. The summed E-state index contributed by atoms with van der Waals surface area (Å²) in [5.74, 6) is -0.472.